The summed E-state index contributed by atoms with van der Waals surface area (Å²) in [4.78, 5) is 24.1. The minimum absolute atomic E-state index is 0.180. The molecule has 28 heavy (non-hydrogen) atoms. The van der Waals surface area contributed by atoms with Crippen molar-refractivity contribution in [2.75, 3.05) is 17.2 Å². The van der Waals surface area contributed by atoms with Crippen LogP contribution < -0.4 is 10.6 Å². The number of benzene rings is 2. The SMILES string of the molecule is CC(=O)Nc1ccc(NC(=O)[C@@H]2CCCCN2S(=O)(=O)c2ccccc2)cc1. The minimum Gasteiger partial charge on any atom is -0.326 e. The molecule has 0 saturated carbocycles. The summed E-state index contributed by atoms with van der Waals surface area (Å²) in [5, 5.41) is 5.44. The molecule has 0 spiro atoms. The van der Waals surface area contributed by atoms with Gasteiger partial charge in [-0.25, -0.2) is 8.42 Å². The third-order valence-electron chi connectivity index (χ3n) is 4.58. The third-order valence-corrected chi connectivity index (χ3v) is 6.50. The lowest BCUT2D eigenvalue weighted by Crippen LogP contribution is -2.49. The summed E-state index contributed by atoms with van der Waals surface area (Å²) >= 11 is 0. The van der Waals surface area contributed by atoms with Gasteiger partial charge in [0.1, 0.15) is 6.04 Å². The van der Waals surface area contributed by atoms with Gasteiger partial charge in [0.2, 0.25) is 21.8 Å². The summed E-state index contributed by atoms with van der Waals surface area (Å²) in [6.45, 7) is 1.73. The number of hydrogen-bond acceptors (Lipinski definition) is 4. The average Bonchev–Trinajstić information content (AvgIpc) is 2.70. The number of nitrogens with zero attached hydrogens (tertiary/aromatic N) is 1. The van der Waals surface area contributed by atoms with E-state index in [1.165, 1.54) is 11.2 Å². The Kier molecular flexibility index (Phi) is 6.11. The lowest BCUT2D eigenvalue weighted by molar-refractivity contribution is -0.120. The number of anilines is 2. The number of carbonyl (C=O) groups is 2. The number of sulfonamides is 1. The summed E-state index contributed by atoms with van der Waals surface area (Å²) < 4.78 is 27.3. The van der Waals surface area contributed by atoms with Crippen LogP contribution in [0.3, 0.4) is 0 Å². The van der Waals surface area contributed by atoms with Gasteiger partial charge in [0.25, 0.3) is 0 Å². The molecule has 2 aromatic rings. The highest BCUT2D eigenvalue weighted by molar-refractivity contribution is 7.89. The van der Waals surface area contributed by atoms with Crippen molar-refractivity contribution in [1.82, 2.24) is 4.31 Å². The fourth-order valence-corrected chi connectivity index (χ4v) is 4.93. The summed E-state index contributed by atoms with van der Waals surface area (Å²) in [6, 6.07) is 14.1. The Morgan fingerprint density at radius 1 is 0.929 bits per heavy atom. The van der Waals surface area contributed by atoms with Crippen molar-refractivity contribution in [2.24, 2.45) is 0 Å². The number of hydrogen-bond donors (Lipinski definition) is 2. The Morgan fingerprint density at radius 3 is 2.14 bits per heavy atom. The highest BCUT2D eigenvalue weighted by Gasteiger charge is 2.37. The van der Waals surface area contributed by atoms with Gasteiger partial charge in [-0.1, -0.05) is 24.6 Å². The first-order valence-corrected chi connectivity index (χ1v) is 10.6. The largest absolute Gasteiger partial charge is 0.326 e. The van der Waals surface area contributed by atoms with E-state index in [1.54, 1.807) is 54.6 Å². The smallest absolute Gasteiger partial charge is 0.243 e. The fraction of sp³-hybridized carbons (Fsp3) is 0.300. The quantitative estimate of drug-likeness (QED) is 0.805. The minimum atomic E-state index is -3.74. The summed E-state index contributed by atoms with van der Waals surface area (Å²) in [5.41, 5.74) is 1.16. The maximum atomic E-state index is 13.0. The van der Waals surface area contributed by atoms with Gasteiger partial charge >= 0.3 is 0 Å². The van der Waals surface area contributed by atoms with Gasteiger partial charge in [-0.15, -0.1) is 0 Å². The Hall–Kier alpha value is -2.71. The van der Waals surface area contributed by atoms with E-state index in [4.69, 9.17) is 0 Å². The van der Waals surface area contributed by atoms with Crippen molar-refractivity contribution >= 4 is 33.2 Å². The van der Waals surface area contributed by atoms with Gasteiger partial charge in [-0.05, 0) is 49.2 Å². The molecule has 2 aromatic carbocycles. The Labute approximate surface area is 164 Å². The van der Waals surface area contributed by atoms with Gasteiger partial charge < -0.3 is 10.6 Å². The molecular formula is C20H23N3O4S. The lowest BCUT2D eigenvalue weighted by atomic mass is 10.0. The predicted octanol–water partition coefficient (Wildman–Crippen LogP) is 2.83. The van der Waals surface area contributed by atoms with E-state index in [0.717, 1.165) is 12.8 Å². The van der Waals surface area contributed by atoms with E-state index < -0.39 is 16.1 Å². The third kappa shape index (κ3) is 4.58. The van der Waals surface area contributed by atoms with Crippen LogP contribution in [0.5, 0.6) is 0 Å². The fourth-order valence-electron chi connectivity index (χ4n) is 3.25. The molecule has 3 rings (SSSR count). The topological polar surface area (TPSA) is 95.6 Å². The van der Waals surface area contributed by atoms with E-state index >= 15 is 0 Å². The lowest BCUT2D eigenvalue weighted by Gasteiger charge is -2.33. The Bertz CT molecular complexity index is 943. The molecule has 2 N–H and O–H groups in total. The molecule has 1 atom stereocenters. The zero-order valence-corrected chi connectivity index (χ0v) is 16.4. The molecule has 0 bridgehead atoms. The molecule has 1 fully saturated rings. The summed E-state index contributed by atoms with van der Waals surface area (Å²) in [6.07, 6.45) is 1.99. The molecular weight excluding hydrogens is 378 g/mol. The average molecular weight is 401 g/mol. The molecule has 1 saturated heterocycles. The number of nitrogens with one attached hydrogen (secondary N) is 2. The van der Waals surface area contributed by atoms with Crippen LogP contribution >= 0.6 is 0 Å². The molecule has 0 aliphatic carbocycles. The van der Waals surface area contributed by atoms with Crippen LogP contribution in [-0.4, -0.2) is 37.1 Å². The molecule has 1 heterocycles. The highest BCUT2D eigenvalue weighted by atomic mass is 32.2. The Balaban J connectivity index is 1.76. The normalized spacial score (nSPS) is 17.7. The standard InChI is InChI=1S/C20H23N3O4S/c1-15(24)21-16-10-12-17(13-11-16)22-20(25)19-9-5-6-14-23(19)28(26,27)18-7-3-2-4-8-18/h2-4,7-8,10-13,19H,5-6,9,14H2,1H3,(H,21,24)(H,22,25)/t19-/m0/s1. The molecule has 8 heteroatoms. The number of rotatable bonds is 5. The van der Waals surface area contributed by atoms with Gasteiger partial charge in [-0.2, -0.15) is 4.31 Å². The van der Waals surface area contributed by atoms with Crippen LogP contribution in [0, 0.1) is 0 Å². The van der Waals surface area contributed by atoms with Crippen LogP contribution in [0.15, 0.2) is 59.5 Å². The van der Waals surface area contributed by atoms with Crippen LogP contribution in [0.25, 0.3) is 0 Å². The van der Waals surface area contributed by atoms with Crippen LogP contribution in [0.1, 0.15) is 26.2 Å². The first kappa shape index (κ1) is 20.0. The number of piperidine rings is 1. The second-order valence-corrected chi connectivity index (χ2v) is 8.58. The second-order valence-electron chi connectivity index (χ2n) is 6.69. The molecule has 1 aliphatic rings. The predicted molar refractivity (Wildman–Crippen MR) is 107 cm³/mol. The van der Waals surface area contributed by atoms with Crippen molar-refractivity contribution in [1.29, 1.82) is 0 Å². The Morgan fingerprint density at radius 2 is 1.54 bits per heavy atom. The highest BCUT2D eigenvalue weighted by Crippen LogP contribution is 2.26. The van der Waals surface area contributed by atoms with Crippen molar-refractivity contribution in [3.63, 3.8) is 0 Å². The van der Waals surface area contributed by atoms with E-state index in [1.807, 2.05) is 0 Å². The summed E-state index contributed by atoms with van der Waals surface area (Å²) in [5.74, 6) is -0.535. The van der Waals surface area contributed by atoms with Gasteiger partial charge in [0.15, 0.2) is 0 Å². The van der Waals surface area contributed by atoms with Gasteiger partial charge in [0, 0.05) is 24.8 Å². The van der Waals surface area contributed by atoms with Crippen LogP contribution in [0.2, 0.25) is 0 Å². The van der Waals surface area contributed by atoms with Gasteiger partial charge in [0.05, 0.1) is 4.90 Å². The van der Waals surface area contributed by atoms with Crippen molar-refractivity contribution in [2.45, 2.75) is 37.1 Å². The van der Waals surface area contributed by atoms with Gasteiger partial charge in [-0.3, -0.25) is 9.59 Å². The first-order valence-electron chi connectivity index (χ1n) is 9.13. The monoisotopic (exact) mass is 401 g/mol. The second kappa shape index (κ2) is 8.53. The number of carbonyl (C=O) groups excluding carboxylic acids is 2. The maximum absolute atomic E-state index is 13.0. The van der Waals surface area contributed by atoms with E-state index in [0.29, 0.717) is 24.3 Å². The first-order chi connectivity index (χ1) is 13.4. The molecule has 148 valence electrons. The van der Waals surface area contributed by atoms with Crippen molar-refractivity contribution in [3.8, 4) is 0 Å². The molecule has 1 aliphatic heterocycles. The summed E-state index contributed by atoms with van der Waals surface area (Å²) in [7, 11) is -3.74. The molecule has 2 amide bonds. The van der Waals surface area contributed by atoms with Crippen molar-refractivity contribution < 1.29 is 18.0 Å². The molecule has 0 aromatic heterocycles. The van der Waals surface area contributed by atoms with Crippen LogP contribution in [-0.2, 0) is 19.6 Å². The van der Waals surface area contributed by atoms with E-state index in [9.17, 15) is 18.0 Å². The van der Waals surface area contributed by atoms with E-state index in [2.05, 4.69) is 10.6 Å². The zero-order chi connectivity index (χ0) is 20.1. The van der Waals surface area contributed by atoms with E-state index in [-0.39, 0.29) is 16.7 Å². The molecule has 0 unspecified atom stereocenters. The van der Waals surface area contributed by atoms with Crippen molar-refractivity contribution in [3.05, 3.63) is 54.6 Å². The maximum Gasteiger partial charge on any atom is 0.243 e. The zero-order valence-electron chi connectivity index (χ0n) is 15.6. The molecule has 7 nitrogen and oxygen atoms in total. The number of amides is 2. The molecule has 0 radical (unpaired) electrons. The van der Waals surface area contributed by atoms with Crippen LogP contribution in [0.4, 0.5) is 11.4 Å².